The van der Waals surface area contributed by atoms with E-state index in [1.54, 1.807) is 29.2 Å². The zero-order valence-corrected chi connectivity index (χ0v) is 20.5. The minimum atomic E-state index is -0.643. The zero-order chi connectivity index (χ0) is 24.3. The second-order valence-electron chi connectivity index (χ2n) is 9.91. The minimum absolute atomic E-state index is 0.0116. The Kier molecular flexibility index (Phi) is 7.31. The van der Waals surface area contributed by atoms with Gasteiger partial charge in [-0.25, -0.2) is 0 Å². The molecule has 0 saturated carbocycles. The standard InChI is InChI=1S/C28H35NO4/c1-7-8-17-29-24(19-9-13-21(14-10-19)28(4,5)6)23(26(31)27(29)32)25(30)20-11-15-22(16-12-20)33-18(2)3/h9-16,18,24,30H,7-8,17H2,1-6H3/b25-23-. The Labute approximate surface area is 197 Å². The van der Waals surface area contributed by atoms with Crippen molar-refractivity contribution in [3.8, 4) is 5.75 Å². The number of aliphatic hydroxyl groups is 1. The molecule has 1 unspecified atom stereocenters. The van der Waals surface area contributed by atoms with Crippen molar-refractivity contribution in [3.05, 3.63) is 70.8 Å². The SMILES string of the molecule is CCCCN1C(=O)C(=O)/C(=C(\O)c2ccc(OC(C)C)cc2)C1c1ccc(C(C)(C)C)cc1. The van der Waals surface area contributed by atoms with Crippen molar-refractivity contribution in [2.75, 3.05) is 6.54 Å². The maximum Gasteiger partial charge on any atom is 0.295 e. The van der Waals surface area contributed by atoms with E-state index < -0.39 is 17.7 Å². The fourth-order valence-corrected chi connectivity index (χ4v) is 4.07. The van der Waals surface area contributed by atoms with Crippen molar-refractivity contribution in [1.82, 2.24) is 4.90 Å². The average Bonchev–Trinajstić information content (AvgIpc) is 3.01. The van der Waals surface area contributed by atoms with E-state index in [-0.39, 0.29) is 22.9 Å². The molecule has 1 N–H and O–H groups in total. The van der Waals surface area contributed by atoms with Crippen LogP contribution in [0.2, 0.25) is 0 Å². The number of nitrogens with zero attached hydrogens (tertiary/aromatic N) is 1. The Morgan fingerprint density at radius 3 is 2.15 bits per heavy atom. The Balaban J connectivity index is 2.08. The van der Waals surface area contributed by atoms with Crippen LogP contribution < -0.4 is 4.74 Å². The van der Waals surface area contributed by atoms with Crippen LogP contribution in [0.5, 0.6) is 5.75 Å². The van der Waals surface area contributed by atoms with Crippen LogP contribution in [-0.4, -0.2) is 34.3 Å². The lowest BCUT2D eigenvalue weighted by atomic mass is 9.85. The Hall–Kier alpha value is -3.08. The summed E-state index contributed by atoms with van der Waals surface area (Å²) in [5.41, 5.74) is 2.59. The van der Waals surface area contributed by atoms with Crippen LogP contribution in [0.3, 0.4) is 0 Å². The maximum absolute atomic E-state index is 13.1. The Morgan fingerprint density at radius 2 is 1.64 bits per heavy atom. The molecule has 5 heteroatoms. The van der Waals surface area contributed by atoms with E-state index in [1.165, 1.54) is 0 Å². The van der Waals surface area contributed by atoms with Crippen LogP contribution in [0, 0.1) is 0 Å². The number of rotatable bonds is 7. The summed E-state index contributed by atoms with van der Waals surface area (Å²) in [4.78, 5) is 27.6. The lowest BCUT2D eigenvalue weighted by Crippen LogP contribution is -2.30. The smallest absolute Gasteiger partial charge is 0.295 e. The first-order valence-corrected chi connectivity index (χ1v) is 11.7. The molecule has 0 aliphatic carbocycles. The Morgan fingerprint density at radius 1 is 1.03 bits per heavy atom. The van der Waals surface area contributed by atoms with E-state index in [0.29, 0.717) is 17.9 Å². The number of hydrogen-bond acceptors (Lipinski definition) is 4. The fraction of sp³-hybridized carbons (Fsp3) is 0.429. The quantitative estimate of drug-likeness (QED) is 0.320. The molecule has 0 spiro atoms. The van der Waals surface area contributed by atoms with E-state index in [1.807, 2.05) is 45.0 Å². The molecule has 2 aromatic carbocycles. The van der Waals surface area contributed by atoms with Gasteiger partial charge in [0.1, 0.15) is 11.5 Å². The van der Waals surface area contributed by atoms with Crippen LogP contribution in [-0.2, 0) is 15.0 Å². The second-order valence-corrected chi connectivity index (χ2v) is 9.91. The summed E-state index contributed by atoms with van der Waals surface area (Å²) in [5, 5.41) is 11.2. The van der Waals surface area contributed by atoms with Crippen molar-refractivity contribution >= 4 is 17.4 Å². The molecule has 1 atom stereocenters. The van der Waals surface area contributed by atoms with E-state index in [0.717, 1.165) is 24.0 Å². The van der Waals surface area contributed by atoms with Crippen LogP contribution in [0.1, 0.15) is 77.1 Å². The normalized spacial score (nSPS) is 18.3. The highest BCUT2D eigenvalue weighted by molar-refractivity contribution is 6.46. The molecule has 1 aliphatic rings. The fourth-order valence-electron chi connectivity index (χ4n) is 4.07. The summed E-state index contributed by atoms with van der Waals surface area (Å²) in [7, 11) is 0. The third-order valence-corrected chi connectivity index (χ3v) is 5.88. The number of benzene rings is 2. The van der Waals surface area contributed by atoms with Gasteiger partial charge in [-0.15, -0.1) is 0 Å². The summed E-state index contributed by atoms with van der Waals surface area (Å²) in [6, 6.07) is 14.3. The third kappa shape index (κ3) is 5.29. The van der Waals surface area contributed by atoms with E-state index in [2.05, 4.69) is 20.8 Å². The average molecular weight is 450 g/mol. The number of Topliss-reactive ketones (excluding diaryl/α,β-unsaturated/α-hetero) is 1. The largest absolute Gasteiger partial charge is 0.507 e. The molecule has 1 amide bonds. The molecule has 1 fully saturated rings. The van der Waals surface area contributed by atoms with Gasteiger partial charge >= 0.3 is 0 Å². The minimum Gasteiger partial charge on any atom is -0.507 e. The summed E-state index contributed by atoms with van der Waals surface area (Å²) in [5.74, 6) is -0.682. The number of unbranched alkanes of at least 4 members (excludes halogenated alkanes) is 1. The number of amides is 1. The second kappa shape index (κ2) is 9.82. The maximum atomic E-state index is 13.1. The monoisotopic (exact) mass is 449 g/mol. The molecule has 2 aromatic rings. The van der Waals surface area contributed by atoms with Crippen LogP contribution >= 0.6 is 0 Å². The third-order valence-electron chi connectivity index (χ3n) is 5.88. The Bertz CT molecular complexity index is 1030. The van der Waals surface area contributed by atoms with Gasteiger partial charge in [0.15, 0.2) is 0 Å². The molecule has 3 rings (SSSR count). The van der Waals surface area contributed by atoms with Gasteiger partial charge in [-0.3, -0.25) is 9.59 Å². The highest BCUT2D eigenvalue weighted by atomic mass is 16.5. The highest BCUT2D eigenvalue weighted by Gasteiger charge is 2.45. The van der Waals surface area contributed by atoms with Gasteiger partial charge in [0, 0.05) is 12.1 Å². The van der Waals surface area contributed by atoms with Crippen LogP contribution in [0.4, 0.5) is 0 Å². The molecular formula is C28H35NO4. The van der Waals surface area contributed by atoms with Crippen molar-refractivity contribution in [2.24, 2.45) is 0 Å². The molecule has 1 saturated heterocycles. The van der Waals surface area contributed by atoms with E-state index in [4.69, 9.17) is 4.74 Å². The van der Waals surface area contributed by atoms with Gasteiger partial charge in [-0.2, -0.15) is 0 Å². The molecular weight excluding hydrogens is 414 g/mol. The topological polar surface area (TPSA) is 66.8 Å². The van der Waals surface area contributed by atoms with Gasteiger partial charge in [-0.05, 0) is 61.1 Å². The predicted molar refractivity (Wildman–Crippen MR) is 131 cm³/mol. The predicted octanol–water partition coefficient (Wildman–Crippen LogP) is 5.99. The number of carbonyl (C=O) groups is 2. The number of ketones is 1. The van der Waals surface area contributed by atoms with E-state index in [9.17, 15) is 14.7 Å². The van der Waals surface area contributed by atoms with Gasteiger partial charge < -0.3 is 14.7 Å². The number of ether oxygens (including phenoxy) is 1. The summed E-state index contributed by atoms with van der Waals surface area (Å²) >= 11 is 0. The molecule has 0 bridgehead atoms. The van der Waals surface area contributed by atoms with Crippen molar-refractivity contribution in [3.63, 3.8) is 0 Å². The molecule has 5 nitrogen and oxygen atoms in total. The van der Waals surface area contributed by atoms with Gasteiger partial charge in [-0.1, -0.05) is 58.4 Å². The van der Waals surface area contributed by atoms with Crippen LogP contribution in [0.25, 0.3) is 5.76 Å². The number of likely N-dealkylation sites (tertiary alicyclic amines) is 1. The summed E-state index contributed by atoms with van der Waals surface area (Å²) < 4.78 is 5.68. The first-order chi connectivity index (χ1) is 15.5. The van der Waals surface area contributed by atoms with Gasteiger partial charge in [0.2, 0.25) is 0 Å². The molecule has 1 aliphatic heterocycles. The highest BCUT2D eigenvalue weighted by Crippen LogP contribution is 2.40. The van der Waals surface area contributed by atoms with Crippen LogP contribution in [0.15, 0.2) is 54.1 Å². The van der Waals surface area contributed by atoms with Crippen molar-refractivity contribution in [2.45, 2.75) is 71.9 Å². The van der Waals surface area contributed by atoms with E-state index >= 15 is 0 Å². The lowest BCUT2D eigenvalue weighted by Gasteiger charge is -2.26. The number of carbonyl (C=O) groups excluding carboxylic acids is 2. The number of aliphatic hydroxyl groups excluding tert-OH is 1. The summed E-state index contributed by atoms with van der Waals surface area (Å²) in [6.45, 7) is 12.8. The first-order valence-electron chi connectivity index (χ1n) is 11.7. The first kappa shape index (κ1) is 24.6. The number of hydrogen-bond donors (Lipinski definition) is 1. The summed E-state index contributed by atoms with van der Waals surface area (Å²) in [6.07, 6.45) is 1.71. The zero-order valence-electron chi connectivity index (χ0n) is 20.5. The lowest BCUT2D eigenvalue weighted by molar-refractivity contribution is -0.139. The molecule has 0 radical (unpaired) electrons. The van der Waals surface area contributed by atoms with Gasteiger partial charge in [0.05, 0.1) is 17.7 Å². The van der Waals surface area contributed by atoms with Crippen molar-refractivity contribution < 1.29 is 19.4 Å². The van der Waals surface area contributed by atoms with Crippen molar-refractivity contribution in [1.29, 1.82) is 0 Å². The van der Waals surface area contributed by atoms with Gasteiger partial charge in [0.25, 0.3) is 11.7 Å². The molecule has 176 valence electrons. The molecule has 33 heavy (non-hydrogen) atoms. The molecule has 1 heterocycles. The molecule has 0 aromatic heterocycles.